The Kier molecular flexibility index (Phi) is 9.01. The predicted octanol–water partition coefficient (Wildman–Crippen LogP) is 3.70. The molecule has 0 radical (unpaired) electrons. The maximum absolute atomic E-state index is 12.3. The van der Waals surface area contributed by atoms with E-state index in [-0.39, 0.29) is 12.6 Å². The maximum atomic E-state index is 12.3. The Bertz CT molecular complexity index is 303. The van der Waals surface area contributed by atoms with Crippen molar-refractivity contribution in [3.8, 4) is 0 Å². The molecule has 118 valence electrons. The zero-order chi connectivity index (χ0) is 15.6. The minimum Gasteiger partial charge on any atom is -0.465 e. The standard InChI is InChI=1S/C15H28O5/c1-6-10-12(20-14(17)19-9-4)15(5,11-7-2)13(16)18-8-3/h12H,6-11H2,1-5H3. The number of ether oxygens (including phenoxy) is 3. The van der Waals surface area contributed by atoms with Gasteiger partial charge in [0.05, 0.1) is 13.2 Å². The lowest BCUT2D eigenvalue weighted by atomic mass is 9.78. The highest BCUT2D eigenvalue weighted by molar-refractivity contribution is 5.77. The van der Waals surface area contributed by atoms with Gasteiger partial charge in [0.25, 0.3) is 0 Å². The van der Waals surface area contributed by atoms with Crippen molar-refractivity contribution >= 4 is 12.1 Å². The molecule has 0 heterocycles. The molecule has 0 saturated carbocycles. The molecule has 0 amide bonds. The number of hydrogen-bond acceptors (Lipinski definition) is 5. The Morgan fingerprint density at radius 3 is 2.05 bits per heavy atom. The highest BCUT2D eigenvalue weighted by atomic mass is 16.7. The second kappa shape index (κ2) is 9.61. The fraction of sp³-hybridized carbons (Fsp3) is 0.867. The van der Waals surface area contributed by atoms with Gasteiger partial charge in [0.1, 0.15) is 11.5 Å². The van der Waals surface area contributed by atoms with Crippen LogP contribution in [0.2, 0.25) is 0 Å². The quantitative estimate of drug-likeness (QED) is 0.605. The van der Waals surface area contributed by atoms with E-state index in [2.05, 4.69) is 0 Å². The van der Waals surface area contributed by atoms with Crippen molar-refractivity contribution < 1.29 is 23.8 Å². The van der Waals surface area contributed by atoms with Crippen molar-refractivity contribution in [3.63, 3.8) is 0 Å². The topological polar surface area (TPSA) is 61.8 Å². The third kappa shape index (κ3) is 5.39. The first-order valence-electron chi connectivity index (χ1n) is 7.46. The molecule has 0 saturated heterocycles. The van der Waals surface area contributed by atoms with E-state index in [0.717, 1.165) is 12.8 Å². The van der Waals surface area contributed by atoms with Gasteiger partial charge >= 0.3 is 12.1 Å². The largest absolute Gasteiger partial charge is 0.508 e. The van der Waals surface area contributed by atoms with E-state index in [1.807, 2.05) is 13.8 Å². The summed E-state index contributed by atoms with van der Waals surface area (Å²) in [5, 5.41) is 0. The molecule has 0 aromatic carbocycles. The Morgan fingerprint density at radius 1 is 1.00 bits per heavy atom. The second-order valence-electron chi connectivity index (χ2n) is 4.97. The third-order valence-corrected chi connectivity index (χ3v) is 3.27. The Labute approximate surface area is 122 Å². The number of hydrogen-bond donors (Lipinski definition) is 0. The summed E-state index contributed by atoms with van der Waals surface area (Å²) in [6, 6.07) is 0. The van der Waals surface area contributed by atoms with Gasteiger partial charge in [-0.25, -0.2) is 4.79 Å². The third-order valence-electron chi connectivity index (χ3n) is 3.27. The van der Waals surface area contributed by atoms with Crippen molar-refractivity contribution in [2.24, 2.45) is 5.41 Å². The zero-order valence-corrected chi connectivity index (χ0v) is 13.4. The lowest BCUT2D eigenvalue weighted by molar-refractivity contribution is -0.163. The number of carbonyl (C=O) groups excluding carboxylic acids is 2. The van der Waals surface area contributed by atoms with E-state index in [1.54, 1.807) is 20.8 Å². The van der Waals surface area contributed by atoms with Crippen molar-refractivity contribution in [2.75, 3.05) is 13.2 Å². The van der Waals surface area contributed by atoms with E-state index in [9.17, 15) is 9.59 Å². The summed E-state index contributed by atoms with van der Waals surface area (Å²) in [7, 11) is 0. The molecule has 0 aliphatic rings. The molecule has 0 spiro atoms. The summed E-state index contributed by atoms with van der Waals surface area (Å²) >= 11 is 0. The van der Waals surface area contributed by atoms with E-state index in [4.69, 9.17) is 14.2 Å². The van der Waals surface area contributed by atoms with Gasteiger partial charge in [0.2, 0.25) is 0 Å². The van der Waals surface area contributed by atoms with Gasteiger partial charge < -0.3 is 14.2 Å². The Hall–Kier alpha value is -1.26. The molecule has 0 fully saturated rings. The average molecular weight is 288 g/mol. The van der Waals surface area contributed by atoms with E-state index in [1.165, 1.54) is 0 Å². The van der Waals surface area contributed by atoms with E-state index in [0.29, 0.717) is 19.4 Å². The zero-order valence-electron chi connectivity index (χ0n) is 13.4. The number of rotatable bonds is 9. The molecule has 0 bridgehead atoms. The molecular formula is C15H28O5. The van der Waals surface area contributed by atoms with Crippen molar-refractivity contribution in [1.29, 1.82) is 0 Å². The summed E-state index contributed by atoms with van der Waals surface area (Å²) in [6.45, 7) is 9.83. The van der Waals surface area contributed by atoms with Crippen LogP contribution in [0.1, 0.15) is 60.3 Å². The number of carbonyl (C=O) groups is 2. The molecule has 2 atom stereocenters. The molecule has 0 aliphatic heterocycles. The predicted molar refractivity (Wildman–Crippen MR) is 76.5 cm³/mol. The van der Waals surface area contributed by atoms with Crippen LogP contribution in [-0.4, -0.2) is 31.4 Å². The van der Waals surface area contributed by atoms with Crippen LogP contribution in [0.15, 0.2) is 0 Å². The molecule has 0 aliphatic carbocycles. The fourth-order valence-corrected chi connectivity index (χ4v) is 2.25. The maximum Gasteiger partial charge on any atom is 0.508 e. The van der Waals surface area contributed by atoms with Crippen LogP contribution in [0.3, 0.4) is 0 Å². The monoisotopic (exact) mass is 288 g/mol. The van der Waals surface area contributed by atoms with Crippen molar-refractivity contribution in [2.45, 2.75) is 66.4 Å². The molecular weight excluding hydrogens is 260 g/mol. The van der Waals surface area contributed by atoms with Crippen LogP contribution in [-0.2, 0) is 19.0 Å². The minimum absolute atomic E-state index is 0.252. The molecule has 0 aromatic rings. The van der Waals surface area contributed by atoms with Gasteiger partial charge in [0, 0.05) is 0 Å². The van der Waals surface area contributed by atoms with E-state index < -0.39 is 17.7 Å². The smallest absolute Gasteiger partial charge is 0.465 e. The summed E-state index contributed by atoms with van der Waals surface area (Å²) in [5.74, 6) is -0.315. The summed E-state index contributed by atoms with van der Waals surface area (Å²) in [5.41, 5.74) is -0.826. The lowest BCUT2D eigenvalue weighted by Crippen LogP contribution is -2.44. The van der Waals surface area contributed by atoms with Crippen LogP contribution in [0.25, 0.3) is 0 Å². The molecule has 2 unspecified atom stereocenters. The highest BCUT2D eigenvalue weighted by Crippen LogP contribution is 2.34. The highest BCUT2D eigenvalue weighted by Gasteiger charge is 2.44. The van der Waals surface area contributed by atoms with Gasteiger partial charge in [-0.15, -0.1) is 0 Å². The fourth-order valence-electron chi connectivity index (χ4n) is 2.25. The van der Waals surface area contributed by atoms with Gasteiger partial charge in [-0.3, -0.25) is 4.79 Å². The van der Waals surface area contributed by atoms with Crippen LogP contribution in [0.4, 0.5) is 4.79 Å². The Morgan fingerprint density at radius 2 is 1.60 bits per heavy atom. The summed E-state index contributed by atoms with van der Waals surface area (Å²) < 4.78 is 15.3. The molecule has 20 heavy (non-hydrogen) atoms. The van der Waals surface area contributed by atoms with Crippen LogP contribution < -0.4 is 0 Å². The van der Waals surface area contributed by atoms with Crippen LogP contribution in [0.5, 0.6) is 0 Å². The summed E-state index contributed by atoms with van der Waals surface area (Å²) in [4.78, 5) is 23.8. The lowest BCUT2D eigenvalue weighted by Gasteiger charge is -2.34. The summed E-state index contributed by atoms with van der Waals surface area (Å²) in [6.07, 6.45) is 1.58. The minimum atomic E-state index is -0.826. The average Bonchev–Trinajstić information content (AvgIpc) is 2.39. The van der Waals surface area contributed by atoms with Gasteiger partial charge in [-0.05, 0) is 33.6 Å². The van der Waals surface area contributed by atoms with Crippen LogP contribution >= 0.6 is 0 Å². The SMILES string of the molecule is CCCC(OC(=O)OCC)C(C)(CCC)C(=O)OCC. The molecule has 0 aromatic heterocycles. The van der Waals surface area contributed by atoms with Gasteiger partial charge in [-0.1, -0.05) is 26.7 Å². The normalized spacial score (nSPS) is 15.1. The van der Waals surface area contributed by atoms with Crippen LogP contribution in [0, 0.1) is 5.41 Å². The van der Waals surface area contributed by atoms with Gasteiger partial charge in [0.15, 0.2) is 0 Å². The molecule has 5 heteroatoms. The first-order chi connectivity index (χ1) is 9.46. The first kappa shape index (κ1) is 18.7. The number of esters is 1. The van der Waals surface area contributed by atoms with Crippen molar-refractivity contribution in [3.05, 3.63) is 0 Å². The Balaban J connectivity index is 5.10. The second-order valence-corrected chi connectivity index (χ2v) is 4.97. The van der Waals surface area contributed by atoms with Gasteiger partial charge in [-0.2, -0.15) is 0 Å². The molecule has 5 nitrogen and oxygen atoms in total. The van der Waals surface area contributed by atoms with Crippen molar-refractivity contribution in [1.82, 2.24) is 0 Å². The molecule has 0 N–H and O–H groups in total. The van der Waals surface area contributed by atoms with E-state index >= 15 is 0 Å². The molecule has 0 rings (SSSR count). The first-order valence-corrected chi connectivity index (χ1v) is 7.46.